The number of aryl methyl sites for hydroxylation is 1. The fourth-order valence-electron chi connectivity index (χ4n) is 0.957. The first-order valence-corrected chi connectivity index (χ1v) is 5.86. The maximum Gasteiger partial charge on any atom is 0.234 e. The van der Waals surface area contributed by atoms with Gasteiger partial charge in [0.2, 0.25) is 10.0 Å². The largest absolute Gasteiger partial charge is 0.237 e. The highest BCUT2D eigenvalue weighted by Gasteiger charge is 2.12. The number of hydrogen-bond donors (Lipinski definition) is 1. The highest BCUT2D eigenvalue weighted by Crippen LogP contribution is 2.16. The lowest BCUT2D eigenvalue weighted by Gasteiger charge is -2.04. The van der Waals surface area contributed by atoms with Crippen LogP contribution in [0.4, 0.5) is 0 Å². The molecule has 2 N–H and O–H groups in total. The van der Waals surface area contributed by atoms with Crippen LogP contribution in [0.25, 0.3) is 5.57 Å². The standard InChI is InChI=1S/C9H13N3O2S/c1-6-4-11-9(12-5-6)7(2)8(3)15(10,13)14/h4-5H,1-3H3,(H2,10,13,14). The monoisotopic (exact) mass is 227 g/mol. The summed E-state index contributed by atoms with van der Waals surface area (Å²) in [4.78, 5) is 8.14. The van der Waals surface area contributed by atoms with E-state index in [4.69, 9.17) is 5.14 Å². The Hall–Kier alpha value is -1.27. The molecule has 0 saturated carbocycles. The molecule has 15 heavy (non-hydrogen) atoms. The first-order chi connectivity index (χ1) is 6.82. The van der Waals surface area contributed by atoms with Gasteiger partial charge in [-0.25, -0.2) is 23.5 Å². The maximum atomic E-state index is 11.1. The van der Waals surface area contributed by atoms with Crippen molar-refractivity contribution in [2.45, 2.75) is 20.8 Å². The molecule has 1 aromatic rings. The van der Waals surface area contributed by atoms with Crippen molar-refractivity contribution in [2.24, 2.45) is 5.14 Å². The van der Waals surface area contributed by atoms with E-state index in [0.717, 1.165) is 5.56 Å². The van der Waals surface area contributed by atoms with E-state index < -0.39 is 10.0 Å². The Balaban J connectivity index is 3.25. The molecule has 1 rings (SSSR count). The van der Waals surface area contributed by atoms with Crippen LogP contribution >= 0.6 is 0 Å². The van der Waals surface area contributed by atoms with Crippen LogP contribution in [-0.4, -0.2) is 18.4 Å². The third-order valence-electron chi connectivity index (χ3n) is 2.07. The zero-order valence-corrected chi connectivity index (χ0v) is 9.67. The fourth-order valence-corrected chi connectivity index (χ4v) is 1.48. The molecule has 0 fully saturated rings. The van der Waals surface area contributed by atoms with E-state index in [0.29, 0.717) is 11.4 Å². The Morgan fingerprint density at radius 3 is 2.13 bits per heavy atom. The van der Waals surface area contributed by atoms with Crippen LogP contribution in [-0.2, 0) is 10.0 Å². The van der Waals surface area contributed by atoms with Gasteiger partial charge in [0.05, 0.1) is 4.91 Å². The van der Waals surface area contributed by atoms with Crippen molar-refractivity contribution in [1.29, 1.82) is 0 Å². The Morgan fingerprint density at radius 1 is 1.27 bits per heavy atom. The van der Waals surface area contributed by atoms with E-state index in [1.807, 2.05) is 6.92 Å². The van der Waals surface area contributed by atoms with Crippen LogP contribution in [0, 0.1) is 6.92 Å². The van der Waals surface area contributed by atoms with Crippen LogP contribution < -0.4 is 5.14 Å². The van der Waals surface area contributed by atoms with E-state index in [9.17, 15) is 8.42 Å². The van der Waals surface area contributed by atoms with Gasteiger partial charge in [0.15, 0.2) is 5.82 Å². The molecule has 0 aliphatic heterocycles. The molecule has 0 atom stereocenters. The van der Waals surface area contributed by atoms with Crippen molar-refractivity contribution in [3.05, 3.63) is 28.7 Å². The lowest BCUT2D eigenvalue weighted by molar-refractivity contribution is 0.603. The Bertz CT molecular complexity index is 489. The van der Waals surface area contributed by atoms with Crippen molar-refractivity contribution in [3.63, 3.8) is 0 Å². The average Bonchev–Trinajstić information content (AvgIpc) is 2.15. The molecule has 5 nitrogen and oxygen atoms in total. The maximum absolute atomic E-state index is 11.1. The summed E-state index contributed by atoms with van der Waals surface area (Å²) in [5.74, 6) is 0.382. The zero-order chi connectivity index (χ0) is 11.6. The van der Waals surface area contributed by atoms with E-state index in [2.05, 4.69) is 9.97 Å². The predicted molar refractivity (Wildman–Crippen MR) is 58.1 cm³/mol. The van der Waals surface area contributed by atoms with Gasteiger partial charge >= 0.3 is 0 Å². The normalized spacial score (nSPS) is 13.6. The van der Waals surface area contributed by atoms with Crippen molar-refractivity contribution in [3.8, 4) is 0 Å². The Labute approximate surface area is 89.1 Å². The highest BCUT2D eigenvalue weighted by atomic mass is 32.2. The number of rotatable bonds is 2. The van der Waals surface area contributed by atoms with Crippen LogP contribution in [0.15, 0.2) is 17.3 Å². The van der Waals surface area contributed by atoms with Gasteiger partial charge in [-0.3, -0.25) is 0 Å². The average molecular weight is 227 g/mol. The fraction of sp³-hybridized carbons (Fsp3) is 0.333. The Kier molecular flexibility index (Phi) is 3.21. The third-order valence-corrected chi connectivity index (χ3v) is 3.23. The second kappa shape index (κ2) is 4.08. The molecule has 0 aliphatic rings. The molecule has 0 spiro atoms. The molecule has 0 bridgehead atoms. The van der Waals surface area contributed by atoms with Gasteiger partial charge in [0, 0.05) is 18.0 Å². The summed E-state index contributed by atoms with van der Waals surface area (Å²) in [6.45, 7) is 4.92. The summed E-state index contributed by atoms with van der Waals surface area (Å²) in [7, 11) is -3.66. The van der Waals surface area contributed by atoms with E-state index in [-0.39, 0.29) is 4.91 Å². The van der Waals surface area contributed by atoms with Gasteiger partial charge in [-0.1, -0.05) is 0 Å². The topological polar surface area (TPSA) is 85.9 Å². The van der Waals surface area contributed by atoms with Gasteiger partial charge < -0.3 is 0 Å². The molecular weight excluding hydrogens is 214 g/mol. The summed E-state index contributed by atoms with van der Waals surface area (Å²) >= 11 is 0. The number of hydrogen-bond acceptors (Lipinski definition) is 4. The van der Waals surface area contributed by atoms with Crippen LogP contribution in [0.5, 0.6) is 0 Å². The molecule has 1 aromatic heterocycles. The minimum absolute atomic E-state index is 0.0892. The molecular formula is C9H13N3O2S. The van der Waals surface area contributed by atoms with Crippen LogP contribution in [0.1, 0.15) is 25.2 Å². The third kappa shape index (κ3) is 2.84. The van der Waals surface area contributed by atoms with Gasteiger partial charge in [-0.2, -0.15) is 0 Å². The van der Waals surface area contributed by atoms with E-state index in [1.165, 1.54) is 6.92 Å². The quantitative estimate of drug-likeness (QED) is 0.810. The van der Waals surface area contributed by atoms with Gasteiger partial charge in [0.25, 0.3) is 0 Å². The van der Waals surface area contributed by atoms with Gasteiger partial charge in [-0.15, -0.1) is 0 Å². The molecule has 0 unspecified atom stereocenters. The Morgan fingerprint density at radius 2 is 1.73 bits per heavy atom. The molecule has 0 amide bonds. The van der Waals surface area contributed by atoms with Gasteiger partial charge in [0.1, 0.15) is 0 Å². The molecule has 0 saturated heterocycles. The molecule has 82 valence electrons. The van der Waals surface area contributed by atoms with E-state index >= 15 is 0 Å². The summed E-state index contributed by atoms with van der Waals surface area (Å²) in [6, 6.07) is 0. The summed E-state index contributed by atoms with van der Waals surface area (Å²) < 4.78 is 22.2. The first kappa shape index (κ1) is 11.8. The second-order valence-corrected chi connectivity index (χ2v) is 5.01. The lowest BCUT2D eigenvalue weighted by atomic mass is 10.2. The summed E-state index contributed by atoms with van der Waals surface area (Å²) in [6.07, 6.45) is 3.25. The van der Waals surface area contributed by atoms with Crippen LogP contribution in [0.3, 0.4) is 0 Å². The number of nitrogens with two attached hydrogens (primary N) is 1. The summed E-state index contributed by atoms with van der Waals surface area (Å²) in [5, 5.41) is 5.01. The SMILES string of the molecule is CC(=C(C)S(N)(=O)=O)c1ncc(C)cn1. The molecule has 0 aliphatic carbocycles. The van der Waals surface area contributed by atoms with Crippen molar-refractivity contribution < 1.29 is 8.42 Å². The number of sulfonamides is 1. The minimum Gasteiger partial charge on any atom is -0.237 e. The number of aromatic nitrogens is 2. The number of allylic oxidation sites excluding steroid dienone is 2. The lowest BCUT2D eigenvalue weighted by Crippen LogP contribution is -2.14. The second-order valence-electron chi connectivity index (χ2n) is 3.31. The minimum atomic E-state index is -3.66. The number of nitrogens with zero attached hydrogens (tertiary/aromatic N) is 2. The predicted octanol–water partition coefficient (Wildman–Crippen LogP) is 0.824. The molecule has 0 aromatic carbocycles. The zero-order valence-electron chi connectivity index (χ0n) is 8.85. The van der Waals surface area contributed by atoms with Gasteiger partial charge in [-0.05, 0) is 26.3 Å². The number of primary sulfonamides is 1. The van der Waals surface area contributed by atoms with Crippen LogP contribution in [0.2, 0.25) is 0 Å². The molecule has 1 heterocycles. The molecule has 0 radical (unpaired) electrons. The highest BCUT2D eigenvalue weighted by molar-refractivity contribution is 7.93. The van der Waals surface area contributed by atoms with Crippen molar-refractivity contribution >= 4 is 15.6 Å². The molecule has 6 heteroatoms. The summed E-state index contributed by atoms with van der Waals surface area (Å²) in [5.41, 5.74) is 1.39. The van der Waals surface area contributed by atoms with E-state index in [1.54, 1.807) is 19.3 Å². The van der Waals surface area contributed by atoms with Crippen molar-refractivity contribution in [1.82, 2.24) is 9.97 Å². The smallest absolute Gasteiger partial charge is 0.234 e. The first-order valence-electron chi connectivity index (χ1n) is 4.31. The van der Waals surface area contributed by atoms with Crippen molar-refractivity contribution in [2.75, 3.05) is 0 Å².